The lowest BCUT2D eigenvalue weighted by Crippen LogP contribution is -2.00. The topological polar surface area (TPSA) is 46.0 Å². The van der Waals surface area contributed by atoms with Crippen LogP contribution in [0.3, 0.4) is 0 Å². The fourth-order valence-electron chi connectivity index (χ4n) is 1.66. The van der Waals surface area contributed by atoms with Gasteiger partial charge in [-0.3, -0.25) is 0 Å². The highest BCUT2D eigenvalue weighted by molar-refractivity contribution is 7.05. The monoisotopic (exact) mass is 212 g/mol. The fourth-order valence-corrected chi connectivity index (χ4v) is 2.35. The Morgan fingerprint density at radius 2 is 2.36 bits per heavy atom. The van der Waals surface area contributed by atoms with Crippen molar-refractivity contribution in [2.45, 2.75) is 45.1 Å². The van der Waals surface area contributed by atoms with Crippen LogP contribution in [0.2, 0.25) is 0 Å². The van der Waals surface area contributed by atoms with Crippen molar-refractivity contribution in [2.75, 3.05) is 0 Å². The van der Waals surface area contributed by atoms with Crippen LogP contribution in [0.15, 0.2) is 0 Å². The summed E-state index contributed by atoms with van der Waals surface area (Å²) in [4.78, 5) is 0.999. The normalized spacial score (nSPS) is 18.4. The molecule has 1 aromatic heterocycles. The summed E-state index contributed by atoms with van der Waals surface area (Å²) in [6, 6.07) is 0. The fraction of sp³-hybridized carbons (Fsp3) is 0.800. The molecule has 1 heterocycles. The van der Waals surface area contributed by atoms with E-state index in [1.165, 1.54) is 24.4 Å². The molecule has 1 atom stereocenters. The molecule has 0 bridgehead atoms. The van der Waals surface area contributed by atoms with E-state index in [4.69, 9.17) is 0 Å². The average molecular weight is 212 g/mol. The van der Waals surface area contributed by atoms with E-state index in [2.05, 4.69) is 16.5 Å². The first-order valence-corrected chi connectivity index (χ1v) is 6.07. The van der Waals surface area contributed by atoms with Gasteiger partial charge in [0.1, 0.15) is 0 Å². The van der Waals surface area contributed by atoms with Gasteiger partial charge in [0.15, 0.2) is 0 Å². The van der Waals surface area contributed by atoms with Crippen molar-refractivity contribution in [1.82, 2.24) is 9.59 Å². The minimum Gasteiger partial charge on any atom is -0.387 e. The minimum absolute atomic E-state index is 0.316. The van der Waals surface area contributed by atoms with E-state index >= 15 is 0 Å². The van der Waals surface area contributed by atoms with Crippen LogP contribution in [0.25, 0.3) is 0 Å². The van der Waals surface area contributed by atoms with E-state index in [0.717, 1.165) is 35.8 Å². The van der Waals surface area contributed by atoms with Crippen molar-refractivity contribution in [3.8, 4) is 0 Å². The standard InChI is InChI=1S/C10H16N2OS/c1-2-3-8-10(14-12-11-8)9(13)6-7-4-5-7/h7,9,13H,2-6H2,1H3. The molecule has 1 aromatic rings. The van der Waals surface area contributed by atoms with Crippen LogP contribution in [-0.2, 0) is 6.42 Å². The first-order valence-electron chi connectivity index (χ1n) is 5.30. The predicted molar refractivity (Wildman–Crippen MR) is 56.2 cm³/mol. The Bertz CT molecular complexity index is 296. The van der Waals surface area contributed by atoms with E-state index in [1.807, 2.05) is 0 Å². The van der Waals surface area contributed by atoms with Crippen molar-refractivity contribution in [2.24, 2.45) is 5.92 Å². The third kappa shape index (κ3) is 2.30. The molecule has 1 aliphatic carbocycles. The second-order valence-corrected chi connectivity index (χ2v) is 4.81. The molecule has 0 aliphatic heterocycles. The van der Waals surface area contributed by atoms with Gasteiger partial charge >= 0.3 is 0 Å². The van der Waals surface area contributed by atoms with E-state index in [1.54, 1.807) is 0 Å². The summed E-state index contributed by atoms with van der Waals surface area (Å²) < 4.78 is 3.92. The summed E-state index contributed by atoms with van der Waals surface area (Å²) >= 11 is 1.36. The Kier molecular flexibility index (Phi) is 3.13. The average Bonchev–Trinajstić information content (AvgIpc) is 2.83. The molecule has 78 valence electrons. The van der Waals surface area contributed by atoms with Gasteiger partial charge in [-0.05, 0) is 30.3 Å². The van der Waals surface area contributed by atoms with Gasteiger partial charge in [-0.1, -0.05) is 30.7 Å². The third-order valence-corrected chi connectivity index (χ3v) is 3.50. The molecule has 1 N–H and O–H groups in total. The Labute approximate surface area is 88.3 Å². The molecule has 1 fully saturated rings. The molecule has 1 aliphatic rings. The lowest BCUT2D eigenvalue weighted by Gasteiger charge is -2.07. The molecule has 14 heavy (non-hydrogen) atoms. The van der Waals surface area contributed by atoms with E-state index < -0.39 is 0 Å². The van der Waals surface area contributed by atoms with Gasteiger partial charge in [0, 0.05) is 0 Å². The Hall–Kier alpha value is -0.480. The van der Waals surface area contributed by atoms with E-state index in [0.29, 0.717) is 0 Å². The summed E-state index contributed by atoms with van der Waals surface area (Å²) in [7, 11) is 0. The number of aliphatic hydroxyl groups is 1. The first kappa shape index (κ1) is 10.1. The highest BCUT2D eigenvalue weighted by Crippen LogP contribution is 2.38. The van der Waals surface area contributed by atoms with Crippen LogP contribution in [0.1, 0.15) is 49.3 Å². The third-order valence-electron chi connectivity index (χ3n) is 2.63. The molecular weight excluding hydrogens is 196 g/mol. The maximum absolute atomic E-state index is 9.96. The molecule has 0 amide bonds. The summed E-state index contributed by atoms with van der Waals surface area (Å²) in [5, 5.41) is 14.0. The molecule has 3 nitrogen and oxygen atoms in total. The quantitative estimate of drug-likeness (QED) is 0.814. The number of rotatable bonds is 5. The zero-order valence-electron chi connectivity index (χ0n) is 8.44. The lowest BCUT2D eigenvalue weighted by atomic mass is 10.1. The second-order valence-electron chi connectivity index (χ2n) is 4.03. The summed E-state index contributed by atoms with van der Waals surface area (Å²) in [5.41, 5.74) is 1.01. The highest BCUT2D eigenvalue weighted by atomic mass is 32.1. The number of aliphatic hydroxyl groups excluding tert-OH is 1. The number of nitrogens with zero attached hydrogens (tertiary/aromatic N) is 2. The van der Waals surface area contributed by atoms with Crippen LogP contribution in [0, 0.1) is 5.92 Å². The van der Waals surface area contributed by atoms with Gasteiger partial charge in [-0.25, -0.2) is 0 Å². The van der Waals surface area contributed by atoms with Crippen molar-refractivity contribution >= 4 is 11.5 Å². The van der Waals surface area contributed by atoms with E-state index in [-0.39, 0.29) is 6.10 Å². The lowest BCUT2D eigenvalue weighted by molar-refractivity contribution is 0.163. The SMILES string of the molecule is CCCc1nnsc1C(O)CC1CC1. The maximum atomic E-state index is 9.96. The van der Waals surface area contributed by atoms with Crippen molar-refractivity contribution in [1.29, 1.82) is 0 Å². The van der Waals surface area contributed by atoms with E-state index in [9.17, 15) is 5.11 Å². The second kappa shape index (κ2) is 4.36. The van der Waals surface area contributed by atoms with Crippen molar-refractivity contribution in [3.63, 3.8) is 0 Å². The van der Waals surface area contributed by atoms with Gasteiger partial charge in [0.25, 0.3) is 0 Å². The molecule has 1 unspecified atom stereocenters. The molecule has 2 rings (SSSR count). The zero-order chi connectivity index (χ0) is 9.97. The van der Waals surface area contributed by atoms with Crippen molar-refractivity contribution < 1.29 is 5.11 Å². The Balaban J connectivity index is 2.00. The Morgan fingerprint density at radius 1 is 1.57 bits per heavy atom. The van der Waals surface area contributed by atoms with Gasteiger partial charge < -0.3 is 5.11 Å². The van der Waals surface area contributed by atoms with Gasteiger partial charge in [-0.15, -0.1) is 5.10 Å². The number of hydrogen-bond donors (Lipinski definition) is 1. The molecule has 1 saturated carbocycles. The zero-order valence-corrected chi connectivity index (χ0v) is 9.26. The molecule has 0 aromatic carbocycles. The largest absolute Gasteiger partial charge is 0.387 e. The predicted octanol–water partition coefficient (Wildman–Crippen LogP) is 2.32. The number of aryl methyl sites for hydroxylation is 1. The highest BCUT2D eigenvalue weighted by Gasteiger charge is 2.27. The maximum Gasteiger partial charge on any atom is 0.0919 e. The van der Waals surface area contributed by atoms with Crippen LogP contribution in [0.5, 0.6) is 0 Å². The van der Waals surface area contributed by atoms with Gasteiger partial charge in [-0.2, -0.15) is 0 Å². The molecular formula is C10H16N2OS. The smallest absolute Gasteiger partial charge is 0.0919 e. The van der Waals surface area contributed by atoms with Crippen LogP contribution >= 0.6 is 11.5 Å². The summed E-state index contributed by atoms with van der Waals surface area (Å²) in [6.45, 7) is 2.12. The van der Waals surface area contributed by atoms with Gasteiger partial charge in [0.05, 0.1) is 16.7 Å². The van der Waals surface area contributed by atoms with Crippen molar-refractivity contribution in [3.05, 3.63) is 10.6 Å². The molecule has 4 heteroatoms. The molecule has 0 radical (unpaired) electrons. The number of aromatic nitrogens is 2. The molecule has 0 spiro atoms. The molecule has 0 saturated heterocycles. The minimum atomic E-state index is -0.316. The van der Waals surface area contributed by atoms with Crippen LogP contribution in [0.4, 0.5) is 0 Å². The summed E-state index contributed by atoms with van der Waals surface area (Å²) in [5.74, 6) is 0.751. The first-order chi connectivity index (χ1) is 6.81. The number of hydrogen-bond acceptors (Lipinski definition) is 4. The van der Waals surface area contributed by atoms with Crippen LogP contribution in [-0.4, -0.2) is 14.7 Å². The van der Waals surface area contributed by atoms with Crippen LogP contribution < -0.4 is 0 Å². The summed E-state index contributed by atoms with van der Waals surface area (Å²) in [6.07, 6.45) is 5.16. The van der Waals surface area contributed by atoms with Gasteiger partial charge in [0.2, 0.25) is 0 Å². The Morgan fingerprint density at radius 3 is 3.00 bits per heavy atom.